The van der Waals surface area contributed by atoms with Gasteiger partial charge < -0.3 is 14.9 Å². The number of hydrogen-bond donors (Lipinski definition) is 1. The fourth-order valence-electron chi connectivity index (χ4n) is 2.17. The predicted molar refractivity (Wildman–Crippen MR) is 84.0 cm³/mol. The molecule has 3 aromatic rings. The Bertz CT molecular complexity index is 882. The molecule has 0 saturated carbocycles. The first kappa shape index (κ1) is 14.8. The van der Waals surface area contributed by atoms with Crippen molar-refractivity contribution in [1.29, 1.82) is 0 Å². The summed E-state index contributed by atoms with van der Waals surface area (Å²) in [5.74, 6) is -0.987. The number of nitrogens with zero attached hydrogens (tertiary/aromatic N) is 2. The molecule has 0 aliphatic rings. The van der Waals surface area contributed by atoms with Gasteiger partial charge in [-0.25, -0.2) is 9.78 Å². The van der Waals surface area contributed by atoms with Gasteiger partial charge >= 0.3 is 5.97 Å². The van der Waals surface area contributed by atoms with E-state index in [2.05, 4.69) is 4.98 Å². The Hall–Kier alpha value is -3.15. The van der Waals surface area contributed by atoms with Gasteiger partial charge in [-0.15, -0.1) is 0 Å². The van der Waals surface area contributed by atoms with Crippen LogP contribution in [0.2, 0.25) is 0 Å². The lowest BCUT2D eigenvalue weighted by molar-refractivity contribution is 0.0466. The maximum atomic E-state index is 12.1. The molecule has 0 fully saturated rings. The number of pyridine rings is 1. The van der Waals surface area contributed by atoms with Gasteiger partial charge in [0.05, 0.1) is 0 Å². The van der Waals surface area contributed by atoms with Crippen LogP contribution in [0.15, 0.2) is 48.8 Å². The normalized spacial score (nSPS) is 10.7. The average molecular weight is 309 g/mol. The fraction of sp³-hybridized carbons (Fsp3) is 0.118. The van der Waals surface area contributed by atoms with Crippen LogP contribution in [0.1, 0.15) is 32.0 Å². The highest BCUT2D eigenvalue weighted by Crippen LogP contribution is 2.10. The largest absolute Gasteiger partial charge is 0.456 e. The lowest BCUT2D eigenvalue weighted by atomic mass is 10.1. The van der Waals surface area contributed by atoms with E-state index in [1.54, 1.807) is 34.9 Å². The van der Waals surface area contributed by atoms with Crippen LogP contribution in [0.3, 0.4) is 0 Å². The molecule has 0 radical (unpaired) electrons. The summed E-state index contributed by atoms with van der Waals surface area (Å²) in [6, 6.07) is 10.4. The van der Waals surface area contributed by atoms with E-state index < -0.39 is 11.9 Å². The molecule has 23 heavy (non-hydrogen) atoms. The van der Waals surface area contributed by atoms with Gasteiger partial charge in [-0.2, -0.15) is 0 Å². The first-order chi connectivity index (χ1) is 11.0. The Balaban J connectivity index is 1.69. The van der Waals surface area contributed by atoms with Gasteiger partial charge in [0.25, 0.3) is 0 Å². The van der Waals surface area contributed by atoms with E-state index in [0.717, 1.165) is 11.1 Å². The van der Waals surface area contributed by atoms with E-state index in [4.69, 9.17) is 10.5 Å². The van der Waals surface area contributed by atoms with Crippen molar-refractivity contribution in [3.63, 3.8) is 0 Å². The minimum atomic E-state index is -0.495. The molecule has 0 spiro atoms. The number of fused-ring (bicyclic) bond motifs is 1. The molecule has 1 aromatic carbocycles. The van der Waals surface area contributed by atoms with Gasteiger partial charge in [0.2, 0.25) is 5.91 Å². The molecule has 1 amide bonds. The zero-order valence-electron chi connectivity index (χ0n) is 12.5. The zero-order chi connectivity index (χ0) is 16.4. The average Bonchev–Trinajstić information content (AvgIpc) is 2.96. The van der Waals surface area contributed by atoms with Crippen molar-refractivity contribution < 1.29 is 14.3 Å². The zero-order valence-corrected chi connectivity index (χ0v) is 12.5. The van der Waals surface area contributed by atoms with Crippen molar-refractivity contribution in [1.82, 2.24) is 9.38 Å². The summed E-state index contributed by atoms with van der Waals surface area (Å²) in [6.07, 6.45) is 3.48. The van der Waals surface area contributed by atoms with E-state index in [-0.39, 0.29) is 12.3 Å². The fourth-order valence-corrected chi connectivity index (χ4v) is 2.17. The number of imidazole rings is 1. The molecule has 2 heterocycles. The highest BCUT2D eigenvalue weighted by atomic mass is 16.5. The number of carbonyl (C=O) groups is 2. The SMILES string of the molecule is Cc1ccn2cc(C(=O)OCc3ccc(C(N)=O)cc3)nc2c1. The van der Waals surface area contributed by atoms with Crippen LogP contribution < -0.4 is 5.73 Å². The van der Waals surface area contributed by atoms with Crippen LogP contribution in [-0.2, 0) is 11.3 Å². The minimum Gasteiger partial charge on any atom is -0.456 e. The molecule has 0 unspecified atom stereocenters. The van der Waals surface area contributed by atoms with Crippen LogP contribution in [0, 0.1) is 6.92 Å². The van der Waals surface area contributed by atoms with Crippen molar-refractivity contribution in [3.8, 4) is 0 Å². The second-order valence-corrected chi connectivity index (χ2v) is 5.23. The number of aromatic nitrogens is 2. The maximum absolute atomic E-state index is 12.1. The Morgan fingerprint density at radius 3 is 2.65 bits per heavy atom. The number of ether oxygens (including phenoxy) is 1. The molecule has 2 N–H and O–H groups in total. The van der Waals surface area contributed by atoms with Crippen molar-refractivity contribution in [2.45, 2.75) is 13.5 Å². The molecule has 6 nitrogen and oxygen atoms in total. The number of esters is 1. The second kappa shape index (κ2) is 5.92. The Morgan fingerprint density at radius 2 is 1.96 bits per heavy atom. The Kier molecular flexibility index (Phi) is 3.80. The Labute approximate surface area is 132 Å². The first-order valence-corrected chi connectivity index (χ1v) is 7.04. The van der Waals surface area contributed by atoms with E-state index in [1.165, 1.54) is 0 Å². The molecule has 6 heteroatoms. The number of hydrogen-bond acceptors (Lipinski definition) is 4. The quantitative estimate of drug-likeness (QED) is 0.748. The smallest absolute Gasteiger partial charge is 0.358 e. The molecule has 3 rings (SSSR count). The summed E-state index contributed by atoms with van der Waals surface area (Å²) in [5, 5.41) is 0. The molecule has 116 valence electrons. The van der Waals surface area contributed by atoms with E-state index >= 15 is 0 Å². The van der Waals surface area contributed by atoms with Crippen LogP contribution in [0.5, 0.6) is 0 Å². The van der Waals surface area contributed by atoms with Crippen molar-refractivity contribution in [3.05, 3.63) is 71.2 Å². The third-order valence-electron chi connectivity index (χ3n) is 3.43. The summed E-state index contributed by atoms with van der Waals surface area (Å²) in [6.45, 7) is 2.06. The second-order valence-electron chi connectivity index (χ2n) is 5.23. The summed E-state index contributed by atoms with van der Waals surface area (Å²) in [7, 11) is 0. The number of nitrogens with two attached hydrogens (primary N) is 1. The van der Waals surface area contributed by atoms with Crippen molar-refractivity contribution in [2.24, 2.45) is 5.73 Å². The van der Waals surface area contributed by atoms with Gasteiger partial charge in [0.15, 0.2) is 5.69 Å². The van der Waals surface area contributed by atoms with Crippen molar-refractivity contribution >= 4 is 17.5 Å². The molecule has 0 aliphatic carbocycles. The standard InChI is InChI=1S/C17H15N3O3/c1-11-6-7-20-9-14(19-15(20)8-11)17(22)23-10-12-2-4-13(5-3-12)16(18)21/h2-9H,10H2,1H3,(H2,18,21). The van der Waals surface area contributed by atoms with E-state index in [9.17, 15) is 9.59 Å². The number of aryl methyl sites for hydroxylation is 1. The lowest BCUT2D eigenvalue weighted by Gasteiger charge is -2.03. The van der Waals surface area contributed by atoms with Gasteiger partial charge in [-0.05, 0) is 42.3 Å². The monoisotopic (exact) mass is 309 g/mol. The van der Waals surface area contributed by atoms with Crippen LogP contribution in [0.4, 0.5) is 0 Å². The number of amides is 1. The van der Waals surface area contributed by atoms with Crippen LogP contribution >= 0.6 is 0 Å². The Morgan fingerprint density at radius 1 is 1.22 bits per heavy atom. The first-order valence-electron chi connectivity index (χ1n) is 7.04. The number of carbonyl (C=O) groups excluding carboxylic acids is 2. The summed E-state index contributed by atoms with van der Waals surface area (Å²) in [5.41, 5.74) is 8.37. The highest BCUT2D eigenvalue weighted by Gasteiger charge is 2.12. The van der Waals surface area contributed by atoms with Gasteiger partial charge in [0, 0.05) is 18.0 Å². The summed E-state index contributed by atoms with van der Waals surface area (Å²) in [4.78, 5) is 27.3. The number of benzene rings is 1. The maximum Gasteiger partial charge on any atom is 0.358 e. The number of rotatable bonds is 4. The molecule has 0 aliphatic heterocycles. The van der Waals surface area contributed by atoms with E-state index in [1.807, 2.05) is 25.3 Å². The van der Waals surface area contributed by atoms with Crippen LogP contribution in [-0.4, -0.2) is 21.3 Å². The van der Waals surface area contributed by atoms with E-state index in [0.29, 0.717) is 11.2 Å². The molecule has 0 saturated heterocycles. The topological polar surface area (TPSA) is 86.7 Å². The molecule has 0 atom stereocenters. The third kappa shape index (κ3) is 3.21. The lowest BCUT2D eigenvalue weighted by Crippen LogP contribution is -2.11. The number of primary amides is 1. The minimum absolute atomic E-state index is 0.102. The highest BCUT2D eigenvalue weighted by molar-refractivity contribution is 5.92. The summed E-state index contributed by atoms with van der Waals surface area (Å²) < 4.78 is 7.01. The van der Waals surface area contributed by atoms with Gasteiger partial charge in [-0.1, -0.05) is 12.1 Å². The predicted octanol–water partition coefficient (Wildman–Crippen LogP) is 2.10. The molecule has 2 aromatic heterocycles. The van der Waals surface area contributed by atoms with Crippen molar-refractivity contribution in [2.75, 3.05) is 0 Å². The third-order valence-corrected chi connectivity index (χ3v) is 3.43. The van der Waals surface area contributed by atoms with Gasteiger partial charge in [0.1, 0.15) is 12.3 Å². The summed E-state index contributed by atoms with van der Waals surface area (Å²) >= 11 is 0. The molecule has 0 bridgehead atoms. The van der Waals surface area contributed by atoms with Gasteiger partial charge in [-0.3, -0.25) is 4.79 Å². The van der Waals surface area contributed by atoms with Crippen LogP contribution in [0.25, 0.3) is 5.65 Å². The molecular formula is C17H15N3O3. The molecular weight excluding hydrogens is 294 g/mol.